The Labute approximate surface area is 129 Å². The van der Waals surface area contributed by atoms with Crippen LogP contribution in [0.1, 0.15) is 15.9 Å². The highest BCUT2D eigenvalue weighted by atomic mass is 19.2. The van der Waals surface area contributed by atoms with E-state index in [9.17, 15) is 22.8 Å². The van der Waals surface area contributed by atoms with Gasteiger partial charge in [-0.1, -0.05) is 17.7 Å². The minimum atomic E-state index is -1.69. The number of aryl methyl sites for hydroxylation is 1. The lowest BCUT2D eigenvalue weighted by Crippen LogP contribution is -2.21. The number of esters is 1. The second-order valence-electron chi connectivity index (χ2n) is 4.72. The van der Waals surface area contributed by atoms with E-state index in [-0.39, 0.29) is 5.56 Å². The van der Waals surface area contributed by atoms with E-state index in [1.54, 1.807) is 25.1 Å². The molecule has 0 heterocycles. The molecule has 2 rings (SSSR count). The van der Waals surface area contributed by atoms with Crippen LogP contribution >= 0.6 is 0 Å². The van der Waals surface area contributed by atoms with Crippen LogP contribution in [-0.2, 0) is 9.53 Å². The smallest absolute Gasteiger partial charge is 0.338 e. The van der Waals surface area contributed by atoms with Crippen molar-refractivity contribution in [2.45, 2.75) is 6.92 Å². The van der Waals surface area contributed by atoms with E-state index >= 15 is 0 Å². The summed E-state index contributed by atoms with van der Waals surface area (Å²) < 4.78 is 44.0. The number of hydrogen-bond donors (Lipinski definition) is 1. The maximum absolute atomic E-state index is 13.4. The second kappa shape index (κ2) is 6.95. The van der Waals surface area contributed by atoms with Gasteiger partial charge < -0.3 is 10.1 Å². The lowest BCUT2D eigenvalue weighted by atomic mass is 10.1. The Bertz CT molecular complexity index is 762. The SMILES string of the molecule is Cc1cccc(C(=O)OCC(=O)Nc2ccc(F)c(F)c2F)c1. The number of anilines is 1. The van der Waals surface area contributed by atoms with Gasteiger partial charge in [0.05, 0.1) is 11.3 Å². The van der Waals surface area contributed by atoms with Crippen molar-refractivity contribution in [3.05, 3.63) is 65.0 Å². The normalized spacial score (nSPS) is 10.3. The van der Waals surface area contributed by atoms with Crippen molar-refractivity contribution in [1.82, 2.24) is 0 Å². The second-order valence-corrected chi connectivity index (χ2v) is 4.72. The number of halogens is 3. The van der Waals surface area contributed by atoms with Gasteiger partial charge in [0.2, 0.25) is 0 Å². The number of ether oxygens (including phenoxy) is 1. The van der Waals surface area contributed by atoms with Gasteiger partial charge in [-0.25, -0.2) is 18.0 Å². The fraction of sp³-hybridized carbons (Fsp3) is 0.125. The minimum absolute atomic E-state index is 0.261. The standard InChI is InChI=1S/C16H12F3NO3/c1-9-3-2-4-10(7-9)16(22)23-8-13(21)20-12-6-5-11(17)14(18)15(12)19/h2-7H,8H2,1H3,(H,20,21). The van der Waals surface area contributed by atoms with Crippen LogP contribution in [0, 0.1) is 24.4 Å². The number of carbonyl (C=O) groups excluding carboxylic acids is 2. The van der Waals surface area contributed by atoms with E-state index in [4.69, 9.17) is 4.74 Å². The molecule has 0 fully saturated rings. The van der Waals surface area contributed by atoms with Crippen LogP contribution in [0.2, 0.25) is 0 Å². The van der Waals surface area contributed by atoms with E-state index in [2.05, 4.69) is 0 Å². The van der Waals surface area contributed by atoms with Crippen molar-refractivity contribution in [3.63, 3.8) is 0 Å². The van der Waals surface area contributed by atoms with Crippen molar-refractivity contribution < 1.29 is 27.5 Å². The summed E-state index contributed by atoms with van der Waals surface area (Å²) in [6.07, 6.45) is 0. The van der Waals surface area contributed by atoms with Crippen molar-refractivity contribution >= 4 is 17.6 Å². The summed E-state index contributed by atoms with van der Waals surface area (Å²) in [5, 5.41) is 2.00. The average molecular weight is 323 g/mol. The van der Waals surface area contributed by atoms with E-state index in [1.807, 2.05) is 5.32 Å². The van der Waals surface area contributed by atoms with Gasteiger partial charge in [0.15, 0.2) is 24.1 Å². The zero-order valence-electron chi connectivity index (χ0n) is 12.0. The first-order valence-corrected chi connectivity index (χ1v) is 6.55. The van der Waals surface area contributed by atoms with E-state index < -0.39 is 41.6 Å². The topological polar surface area (TPSA) is 55.4 Å². The molecule has 4 nitrogen and oxygen atoms in total. The Balaban J connectivity index is 1.95. The Hall–Kier alpha value is -2.83. The molecule has 0 unspecified atom stereocenters. The Morgan fingerprint density at radius 3 is 2.52 bits per heavy atom. The van der Waals surface area contributed by atoms with Gasteiger partial charge in [-0.2, -0.15) is 0 Å². The Morgan fingerprint density at radius 2 is 1.83 bits per heavy atom. The van der Waals surface area contributed by atoms with E-state index in [1.165, 1.54) is 6.07 Å². The Kier molecular flexibility index (Phi) is 5.00. The number of amides is 1. The monoisotopic (exact) mass is 323 g/mol. The van der Waals surface area contributed by atoms with Crippen LogP contribution < -0.4 is 5.32 Å². The maximum atomic E-state index is 13.4. The highest BCUT2D eigenvalue weighted by molar-refractivity contribution is 5.95. The van der Waals surface area contributed by atoms with Gasteiger partial charge in [0.1, 0.15) is 0 Å². The molecule has 0 radical (unpaired) electrons. The predicted octanol–water partition coefficient (Wildman–Crippen LogP) is 3.21. The molecule has 0 aliphatic heterocycles. The third-order valence-electron chi connectivity index (χ3n) is 2.90. The average Bonchev–Trinajstić information content (AvgIpc) is 2.53. The zero-order chi connectivity index (χ0) is 17.0. The molecule has 1 amide bonds. The quantitative estimate of drug-likeness (QED) is 0.694. The van der Waals surface area contributed by atoms with Gasteiger partial charge in [0, 0.05) is 0 Å². The molecular weight excluding hydrogens is 311 g/mol. The van der Waals surface area contributed by atoms with Crippen LogP contribution in [0.3, 0.4) is 0 Å². The maximum Gasteiger partial charge on any atom is 0.338 e. The van der Waals surface area contributed by atoms with Crippen LogP contribution in [0.4, 0.5) is 18.9 Å². The largest absolute Gasteiger partial charge is 0.452 e. The van der Waals surface area contributed by atoms with Crippen LogP contribution in [0.15, 0.2) is 36.4 Å². The third kappa shape index (κ3) is 4.09. The van der Waals surface area contributed by atoms with Crippen molar-refractivity contribution in [3.8, 4) is 0 Å². The summed E-state index contributed by atoms with van der Waals surface area (Å²) in [7, 11) is 0. The molecule has 0 saturated heterocycles. The molecule has 0 aromatic heterocycles. The van der Waals surface area contributed by atoms with Crippen molar-refractivity contribution in [2.24, 2.45) is 0 Å². The van der Waals surface area contributed by atoms with Gasteiger partial charge in [-0.3, -0.25) is 4.79 Å². The fourth-order valence-corrected chi connectivity index (χ4v) is 1.80. The summed E-state index contributed by atoms with van der Waals surface area (Å²) in [6.45, 7) is 1.10. The van der Waals surface area contributed by atoms with Gasteiger partial charge in [0.25, 0.3) is 5.91 Å². The molecule has 0 saturated carbocycles. The summed E-state index contributed by atoms with van der Waals surface area (Å²) >= 11 is 0. The first kappa shape index (κ1) is 16.5. The van der Waals surface area contributed by atoms with E-state index in [0.717, 1.165) is 11.6 Å². The summed E-state index contributed by atoms with van der Waals surface area (Å²) in [6, 6.07) is 8.08. The van der Waals surface area contributed by atoms with Gasteiger partial charge in [-0.05, 0) is 31.2 Å². The zero-order valence-corrected chi connectivity index (χ0v) is 12.0. The Morgan fingerprint density at radius 1 is 1.09 bits per heavy atom. The van der Waals surface area contributed by atoms with E-state index in [0.29, 0.717) is 6.07 Å². The van der Waals surface area contributed by atoms with Crippen LogP contribution in [0.5, 0.6) is 0 Å². The van der Waals surface area contributed by atoms with Crippen LogP contribution in [0.25, 0.3) is 0 Å². The molecule has 0 bridgehead atoms. The third-order valence-corrected chi connectivity index (χ3v) is 2.90. The summed E-state index contributed by atoms with van der Waals surface area (Å²) in [5.74, 6) is -6.19. The molecule has 7 heteroatoms. The lowest BCUT2D eigenvalue weighted by molar-refractivity contribution is -0.119. The predicted molar refractivity (Wildman–Crippen MR) is 76.4 cm³/mol. The number of rotatable bonds is 4. The highest BCUT2D eigenvalue weighted by Gasteiger charge is 2.16. The molecule has 1 N–H and O–H groups in total. The first-order valence-electron chi connectivity index (χ1n) is 6.55. The number of hydrogen-bond acceptors (Lipinski definition) is 3. The fourth-order valence-electron chi connectivity index (χ4n) is 1.80. The molecule has 0 aliphatic carbocycles. The van der Waals surface area contributed by atoms with Crippen LogP contribution in [-0.4, -0.2) is 18.5 Å². The molecule has 0 spiro atoms. The number of benzene rings is 2. The van der Waals surface area contributed by atoms with Gasteiger partial charge >= 0.3 is 5.97 Å². The summed E-state index contributed by atoms with van der Waals surface area (Å²) in [4.78, 5) is 23.3. The minimum Gasteiger partial charge on any atom is -0.452 e. The van der Waals surface area contributed by atoms with Crippen molar-refractivity contribution in [2.75, 3.05) is 11.9 Å². The number of carbonyl (C=O) groups is 2. The van der Waals surface area contributed by atoms with Crippen molar-refractivity contribution in [1.29, 1.82) is 0 Å². The molecule has 120 valence electrons. The highest BCUT2D eigenvalue weighted by Crippen LogP contribution is 2.19. The molecular formula is C16H12F3NO3. The molecule has 0 aliphatic rings. The lowest BCUT2D eigenvalue weighted by Gasteiger charge is -2.08. The molecule has 23 heavy (non-hydrogen) atoms. The first-order chi connectivity index (χ1) is 10.9. The number of nitrogens with one attached hydrogen (secondary N) is 1. The summed E-state index contributed by atoms with van der Waals surface area (Å²) in [5.41, 5.74) is 0.560. The molecule has 2 aromatic rings. The molecule has 0 atom stereocenters. The van der Waals surface area contributed by atoms with Gasteiger partial charge in [-0.15, -0.1) is 0 Å². The molecule has 2 aromatic carbocycles.